The van der Waals surface area contributed by atoms with Crippen molar-refractivity contribution in [3.8, 4) is 16.9 Å². The third kappa shape index (κ3) is 2.57. The van der Waals surface area contributed by atoms with Crippen molar-refractivity contribution in [3.63, 3.8) is 0 Å². The Bertz CT molecular complexity index is 956. The molecule has 0 saturated carbocycles. The molecule has 0 bridgehead atoms. The lowest BCUT2D eigenvalue weighted by molar-refractivity contribution is -0.118. The van der Waals surface area contributed by atoms with Gasteiger partial charge in [0.05, 0.1) is 13.4 Å². The summed E-state index contributed by atoms with van der Waals surface area (Å²) in [5.74, 6) is 0.136. The van der Waals surface area contributed by atoms with E-state index in [1.807, 2.05) is 30.5 Å². The summed E-state index contributed by atoms with van der Waals surface area (Å²) < 4.78 is 8.15. The molecule has 0 fully saturated rings. The van der Waals surface area contributed by atoms with Crippen LogP contribution in [0.1, 0.15) is 0 Å². The molecule has 0 unspecified atom stereocenters. The Kier molecular flexibility index (Phi) is 3.61. The molecule has 2 N–H and O–H groups in total. The molecule has 0 radical (unpaired) electrons. The van der Waals surface area contributed by atoms with E-state index in [4.69, 9.17) is 10.5 Å². The fourth-order valence-electron chi connectivity index (χ4n) is 2.60. The summed E-state index contributed by atoms with van der Waals surface area (Å²) in [6.45, 7) is -0.193. The number of hydrogen-bond acceptors (Lipinski definition) is 4. The Morgan fingerprint density at radius 3 is 2.87 bits per heavy atom. The molecule has 1 amide bonds. The number of methoxy groups -OCH3 is 1. The van der Waals surface area contributed by atoms with E-state index in [1.165, 1.54) is 10.9 Å². The lowest BCUT2D eigenvalue weighted by atomic mass is 10.1. The first kappa shape index (κ1) is 14.8. The molecule has 0 aliphatic heterocycles. The number of aryl methyl sites for hydroxylation is 1. The first-order valence-electron chi connectivity index (χ1n) is 6.98. The zero-order valence-corrected chi connectivity index (χ0v) is 12.8. The zero-order valence-electron chi connectivity index (χ0n) is 12.8. The number of fused-ring (bicyclic) bond motifs is 1. The van der Waals surface area contributed by atoms with Crippen molar-refractivity contribution in [2.75, 3.05) is 7.11 Å². The van der Waals surface area contributed by atoms with Crippen LogP contribution in [-0.2, 0) is 18.4 Å². The van der Waals surface area contributed by atoms with Crippen LogP contribution in [0.4, 0.5) is 0 Å². The van der Waals surface area contributed by atoms with Crippen LogP contribution in [0.3, 0.4) is 0 Å². The van der Waals surface area contributed by atoms with E-state index in [-0.39, 0.29) is 12.1 Å². The van der Waals surface area contributed by atoms with Gasteiger partial charge in [0.2, 0.25) is 5.91 Å². The summed E-state index contributed by atoms with van der Waals surface area (Å²) in [4.78, 5) is 27.9. The molecule has 7 heteroatoms. The molecule has 0 atom stereocenters. The van der Waals surface area contributed by atoms with Gasteiger partial charge in [-0.1, -0.05) is 12.1 Å². The monoisotopic (exact) mass is 312 g/mol. The molecule has 118 valence electrons. The number of aromatic nitrogens is 3. The maximum absolute atomic E-state index is 12.5. The van der Waals surface area contributed by atoms with Crippen LogP contribution in [0.15, 0.2) is 41.6 Å². The number of nitrogens with zero attached hydrogens (tertiary/aromatic N) is 3. The van der Waals surface area contributed by atoms with Gasteiger partial charge < -0.3 is 15.0 Å². The fourth-order valence-corrected chi connectivity index (χ4v) is 2.60. The standard InChI is InChI=1S/C16H16N4O3/c1-19-7-12(10-4-3-5-11(6-10)23-2)14-15(19)16(22)20(9-18-14)8-13(17)21/h3-7,9H,8H2,1-2H3,(H2,17,21). The molecule has 23 heavy (non-hydrogen) atoms. The smallest absolute Gasteiger partial charge is 0.278 e. The lowest BCUT2D eigenvalue weighted by Crippen LogP contribution is -2.28. The average molecular weight is 312 g/mol. The average Bonchev–Trinajstić information content (AvgIpc) is 2.87. The second-order valence-corrected chi connectivity index (χ2v) is 5.23. The van der Waals surface area contributed by atoms with Crippen molar-refractivity contribution in [2.45, 2.75) is 6.54 Å². The van der Waals surface area contributed by atoms with Crippen molar-refractivity contribution < 1.29 is 9.53 Å². The summed E-state index contributed by atoms with van der Waals surface area (Å²) in [6, 6.07) is 7.53. The minimum absolute atomic E-state index is 0.193. The van der Waals surface area contributed by atoms with Crippen LogP contribution in [-0.4, -0.2) is 27.1 Å². The Labute approximate surface area is 131 Å². The number of carbonyl (C=O) groups is 1. The quantitative estimate of drug-likeness (QED) is 0.774. The molecule has 1 aromatic carbocycles. The van der Waals surface area contributed by atoms with Gasteiger partial charge in [0.1, 0.15) is 23.3 Å². The van der Waals surface area contributed by atoms with E-state index in [9.17, 15) is 9.59 Å². The summed E-state index contributed by atoms with van der Waals surface area (Å²) >= 11 is 0. The van der Waals surface area contributed by atoms with Crippen molar-refractivity contribution in [1.29, 1.82) is 0 Å². The highest BCUT2D eigenvalue weighted by Gasteiger charge is 2.15. The van der Waals surface area contributed by atoms with Crippen LogP contribution >= 0.6 is 0 Å². The van der Waals surface area contributed by atoms with Crippen LogP contribution in [0.25, 0.3) is 22.2 Å². The SMILES string of the molecule is COc1cccc(-c2cn(C)c3c(=O)n(CC(N)=O)cnc23)c1. The number of nitrogens with two attached hydrogens (primary N) is 1. The Balaban J connectivity index is 2.22. The maximum atomic E-state index is 12.5. The van der Waals surface area contributed by atoms with E-state index < -0.39 is 5.91 Å². The minimum atomic E-state index is -0.588. The summed E-state index contributed by atoms with van der Waals surface area (Å²) in [6.07, 6.45) is 3.18. The van der Waals surface area contributed by atoms with E-state index in [0.29, 0.717) is 11.0 Å². The van der Waals surface area contributed by atoms with Gasteiger partial charge in [0.25, 0.3) is 5.56 Å². The van der Waals surface area contributed by atoms with Gasteiger partial charge in [-0.2, -0.15) is 0 Å². The van der Waals surface area contributed by atoms with Gasteiger partial charge in [-0.25, -0.2) is 4.98 Å². The molecular formula is C16H16N4O3. The number of benzene rings is 1. The molecule has 3 rings (SSSR count). The zero-order chi connectivity index (χ0) is 16.6. The van der Waals surface area contributed by atoms with Crippen molar-refractivity contribution in [3.05, 3.63) is 47.1 Å². The minimum Gasteiger partial charge on any atom is -0.497 e. The topological polar surface area (TPSA) is 92.1 Å². The van der Waals surface area contributed by atoms with Crippen LogP contribution in [0.5, 0.6) is 5.75 Å². The number of amides is 1. The molecule has 2 heterocycles. The van der Waals surface area contributed by atoms with Crippen LogP contribution in [0.2, 0.25) is 0 Å². The van der Waals surface area contributed by atoms with E-state index in [1.54, 1.807) is 18.7 Å². The number of primary amides is 1. The van der Waals surface area contributed by atoms with E-state index in [0.717, 1.165) is 16.9 Å². The van der Waals surface area contributed by atoms with Gasteiger partial charge in [-0.15, -0.1) is 0 Å². The Morgan fingerprint density at radius 1 is 1.39 bits per heavy atom. The molecule has 7 nitrogen and oxygen atoms in total. The Morgan fingerprint density at radius 2 is 2.17 bits per heavy atom. The first-order chi connectivity index (χ1) is 11.0. The first-order valence-corrected chi connectivity index (χ1v) is 6.98. The van der Waals surface area contributed by atoms with Gasteiger partial charge in [-0.05, 0) is 17.7 Å². The highest BCUT2D eigenvalue weighted by molar-refractivity contribution is 5.92. The van der Waals surface area contributed by atoms with E-state index in [2.05, 4.69) is 4.98 Å². The normalized spacial score (nSPS) is 10.9. The van der Waals surface area contributed by atoms with Gasteiger partial charge >= 0.3 is 0 Å². The predicted molar refractivity (Wildman–Crippen MR) is 86.2 cm³/mol. The number of rotatable bonds is 4. The highest BCUT2D eigenvalue weighted by Crippen LogP contribution is 2.29. The fraction of sp³-hybridized carbons (Fsp3) is 0.188. The molecule has 0 aliphatic rings. The van der Waals surface area contributed by atoms with Crippen LogP contribution in [0, 0.1) is 0 Å². The lowest BCUT2D eigenvalue weighted by Gasteiger charge is -2.04. The molecule has 0 spiro atoms. The second kappa shape index (κ2) is 5.60. The third-order valence-corrected chi connectivity index (χ3v) is 3.65. The number of hydrogen-bond donors (Lipinski definition) is 1. The molecule has 2 aromatic heterocycles. The molecule has 0 saturated heterocycles. The Hall–Kier alpha value is -3.09. The summed E-state index contributed by atoms with van der Waals surface area (Å²) in [5, 5.41) is 0. The maximum Gasteiger partial charge on any atom is 0.278 e. The van der Waals surface area contributed by atoms with Gasteiger partial charge in [-0.3, -0.25) is 14.2 Å². The van der Waals surface area contributed by atoms with Crippen molar-refractivity contribution in [2.24, 2.45) is 12.8 Å². The molecule has 3 aromatic rings. The predicted octanol–water partition coefficient (Wildman–Crippen LogP) is 0.896. The van der Waals surface area contributed by atoms with Gasteiger partial charge in [0.15, 0.2) is 0 Å². The van der Waals surface area contributed by atoms with Crippen molar-refractivity contribution >= 4 is 16.9 Å². The van der Waals surface area contributed by atoms with Crippen LogP contribution < -0.4 is 16.0 Å². The second-order valence-electron chi connectivity index (χ2n) is 5.23. The number of ether oxygens (including phenoxy) is 1. The molecule has 0 aliphatic carbocycles. The summed E-state index contributed by atoms with van der Waals surface area (Å²) in [5.41, 5.74) is 7.58. The third-order valence-electron chi connectivity index (χ3n) is 3.65. The summed E-state index contributed by atoms with van der Waals surface area (Å²) in [7, 11) is 3.37. The van der Waals surface area contributed by atoms with Crippen molar-refractivity contribution in [1.82, 2.24) is 14.1 Å². The molecular weight excluding hydrogens is 296 g/mol. The van der Waals surface area contributed by atoms with E-state index >= 15 is 0 Å². The van der Waals surface area contributed by atoms with Gasteiger partial charge in [0, 0.05) is 18.8 Å². The highest BCUT2D eigenvalue weighted by atomic mass is 16.5. The largest absolute Gasteiger partial charge is 0.497 e. The number of carbonyl (C=O) groups excluding carboxylic acids is 1.